The maximum Gasteiger partial charge on any atom is 0.136 e. The molecule has 5 aromatic heterocycles. The van der Waals surface area contributed by atoms with Crippen molar-refractivity contribution in [2.45, 2.75) is 0 Å². The van der Waals surface area contributed by atoms with E-state index < -0.39 is 0 Å². The third-order valence-corrected chi connectivity index (χ3v) is 23.6. The van der Waals surface area contributed by atoms with Crippen molar-refractivity contribution in [2.24, 2.45) is 0 Å². The highest BCUT2D eigenvalue weighted by Crippen LogP contribution is 2.53. The highest BCUT2D eigenvalue weighted by molar-refractivity contribution is 6.43. The standard InChI is InChI=1S/C52H33N3.C52H30N2O/c1-4-16-35(17-5-1)53(36-18-6-2-7-19-36)38-27-29-39(30-28-38)55-47-32-31-46-50-48-43(25-14-26-45(48)54(46)37-20-8-3-9-21-37)41-23-12-13-24-42(41)44-33-34-15-10-11-22-40(34)52(55)49(44)51(47)50;1-2-15-33(16-3-1)53-42-24-11-23-39-37-19-6-7-20-38(37)41-30-32-13-4-5-18-36(32)52-49(41)51-44(28-27-43(53)50(51)48(39)42)54(52)34-17-10-14-31(29-34)35-22-12-26-46-47(35)40-21-8-9-25-45(40)55-46/h1-33H;1-30H. The van der Waals surface area contributed by atoms with Gasteiger partial charge in [0.05, 0.1) is 44.1 Å². The highest BCUT2D eigenvalue weighted by atomic mass is 16.3. The Bertz CT molecular complexity index is 8020. The number of benzene rings is 18. The van der Waals surface area contributed by atoms with Crippen molar-refractivity contribution >= 4 is 191 Å². The Labute approximate surface area is 630 Å². The molecule has 0 aliphatic carbocycles. The van der Waals surface area contributed by atoms with Gasteiger partial charge in [0.1, 0.15) is 11.2 Å². The number of hydrogen-bond donors (Lipinski definition) is 0. The molecule has 0 unspecified atom stereocenters. The third-order valence-electron chi connectivity index (χ3n) is 23.6. The van der Waals surface area contributed by atoms with Crippen LogP contribution in [0.15, 0.2) is 387 Å². The predicted molar refractivity (Wildman–Crippen MR) is 465 cm³/mol. The van der Waals surface area contributed by atoms with Gasteiger partial charge in [-0.3, -0.25) is 0 Å². The first kappa shape index (κ1) is 60.5. The Balaban J connectivity index is 0.000000129. The van der Waals surface area contributed by atoms with Gasteiger partial charge in [0.15, 0.2) is 0 Å². The van der Waals surface area contributed by atoms with Crippen molar-refractivity contribution in [3.8, 4) is 33.9 Å². The lowest BCUT2D eigenvalue weighted by atomic mass is 9.93. The monoisotopic (exact) mass is 1400 g/mol. The van der Waals surface area contributed by atoms with Crippen molar-refractivity contribution in [1.82, 2.24) is 18.3 Å². The van der Waals surface area contributed by atoms with Gasteiger partial charge >= 0.3 is 0 Å². The molecule has 25 aromatic rings. The van der Waals surface area contributed by atoms with Crippen LogP contribution in [0, 0.1) is 0 Å². The lowest BCUT2D eigenvalue weighted by Gasteiger charge is -2.25. The molecule has 110 heavy (non-hydrogen) atoms. The SMILES string of the molecule is c1ccc(-n2c3cccc4c5ccccc5c5cc6ccccc6c6c5c5c(c43)c2ccc5n6-c2cccc(-c3cccc4oc5ccccc5c34)c2)cc1.c1ccc(N(c2ccccc2)c2ccc(-n3c4ccc5c6c7c(cccc7n5-c5ccccc5)c5ccccc5c5cc7ccccc7c3c5c64)cc2)cc1. The minimum Gasteiger partial charge on any atom is -0.456 e. The first-order valence-corrected chi connectivity index (χ1v) is 37.9. The fourth-order valence-corrected chi connectivity index (χ4v) is 19.2. The number of anilines is 3. The number of rotatable bonds is 8. The molecule has 0 saturated heterocycles. The van der Waals surface area contributed by atoms with Crippen LogP contribution in [-0.2, 0) is 0 Å². The number of furan rings is 1. The van der Waals surface area contributed by atoms with E-state index >= 15 is 0 Å². The molecule has 0 aliphatic heterocycles. The summed E-state index contributed by atoms with van der Waals surface area (Å²) in [5.74, 6) is 0. The Morgan fingerprint density at radius 2 is 0.545 bits per heavy atom. The second-order valence-corrected chi connectivity index (χ2v) is 29.3. The molecule has 0 spiro atoms. The van der Waals surface area contributed by atoms with Gasteiger partial charge in [-0.15, -0.1) is 0 Å². The summed E-state index contributed by atoms with van der Waals surface area (Å²) in [6.07, 6.45) is 0. The second kappa shape index (κ2) is 23.4. The Morgan fingerprint density at radius 3 is 1.06 bits per heavy atom. The van der Waals surface area contributed by atoms with Crippen LogP contribution < -0.4 is 4.90 Å². The van der Waals surface area contributed by atoms with Crippen molar-refractivity contribution in [3.05, 3.63) is 382 Å². The summed E-state index contributed by atoms with van der Waals surface area (Å²) in [6.45, 7) is 0. The molecule has 20 aromatic carbocycles. The lowest BCUT2D eigenvalue weighted by molar-refractivity contribution is 0.669. The fraction of sp³-hybridized carbons (Fsp3) is 0. The topological polar surface area (TPSA) is 36.1 Å². The summed E-state index contributed by atoms with van der Waals surface area (Å²) < 4.78 is 16.3. The first-order chi connectivity index (χ1) is 54.6. The molecular formula is C104H63N5O. The maximum absolute atomic E-state index is 6.34. The summed E-state index contributed by atoms with van der Waals surface area (Å²) in [7, 11) is 0. The smallest absolute Gasteiger partial charge is 0.136 e. The van der Waals surface area contributed by atoms with Gasteiger partial charge in [-0.05, 0) is 211 Å². The number of nitrogens with zero attached hydrogens (tertiary/aromatic N) is 5. The van der Waals surface area contributed by atoms with Gasteiger partial charge < -0.3 is 27.6 Å². The van der Waals surface area contributed by atoms with E-state index in [0.717, 1.165) is 67.3 Å². The zero-order valence-electron chi connectivity index (χ0n) is 59.5. The van der Waals surface area contributed by atoms with Crippen LogP contribution in [0.25, 0.3) is 208 Å². The first-order valence-electron chi connectivity index (χ1n) is 37.9. The van der Waals surface area contributed by atoms with E-state index in [0.29, 0.717) is 0 Å². The van der Waals surface area contributed by atoms with Gasteiger partial charge in [0.25, 0.3) is 0 Å². The predicted octanol–water partition coefficient (Wildman–Crippen LogP) is 28.6. The number of aromatic nitrogens is 4. The molecule has 0 atom stereocenters. The summed E-state index contributed by atoms with van der Waals surface area (Å²) in [4.78, 5) is 2.33. The molecule has 6 heteroatoms. The van der Waals surface area contributed by atoms with Crippen LogP contribution >= 0.6 is 0 Å². The Hall–Kier alpha value is -14.7. The number of para-hydroxylation sites is 5. The molecule has 0 saturated carbocycles. The maximum atomic E-state index is 6.34. The van der Waals surface area contributed by atoms with Crippen LogP contribution in [-0.4, -0.2) is 18.3 Å². The second-order valence-electron chi connectivity index (χ2n) is 29.3. The molecule has 25 rings (SSSR count). The largest absolute Gasteiger partial charge is 0.456 e. The van der Waals surface area contributed by atoms with Gasteiger partial charge in [-0.1, -0.05) is 237 Å². The van der Waals surface area contributed by atoms with E-state index in [9.17, 15) is 0 Å². The fourth-order valence-electron chi connectivity index (χ4n) is 19.2. The highest BCUT2D eigenvalue weighted by Gasteiger charge is 2.29. The zero-order valence-corrected chi connectivity index (χ0v) is 59.5. The Kier molecular flexibility index (Phi) is 12.9. The normalized spacial score (nSPS) is 12.2. The molecule has 0 radical (unpaired) electrons. The average Bonchev–Trinajstić information content (AvgIpc) is 1.52. The minimum absolute atomic E-state index is 0.904. The Morgan fingerprint density at radius 1 is 0.191 bits per heavy atom. The number of fused-ring (bicyclic) bond motifs is 13. The van der Waals surface area contributed by atoms with E-state index in [1.807, 2.05) is 6.07 Å². The molecule has 0 aliphatic rings. The molecule has 6 nitrogen and oxygen atoms in total. The van der Waals surface area contributed by atoms with E-state index in [-0.39, 0.29) is 0 Å². The lowest BCUT2D eigenvalue weighted by Crippen LogP contribution is -2.09. The molecule has 5 heterocycles. The van der Waals surface area contributed by atoms with Gasteiger partial charge in [-0.2, -0.15) is 0 Å². The van der Waals surface area contributed by atoms with Crippen LogP contribution in [0.4, 0.5) is 17.1 Å². The molecule has 0 N–H and O–H groups in total. The molecular weight excluding hydrogens is 1340 g/mol. The van der Waals surface area contributed by atoms with E-state index in [1.54, 1.807) is 0 Å². The summed E-state index contributed by atoms with van der Waals surface area (Å²) in [5.41, 5.74) is 21.8. The van der Waals surface area contributed by atoms with Crippen molar-refractivity contribution in [3.63, 3.8) is 0 Å². The zero-order chi connectivity index (χ0) is 71.8. The van der Waals surface area contributed by atoms with Crippen LogP contribution in [0.3, 0.4) is 0 Å². The molecule has 0 fully saturated rings. The van der Waals surface area contributed by atoms with Crippen molar-refractivity contribution in [1.29, 1.82) is 0 Å². The number of hydrogen-bond acceptors (Lipinski definition) is 2. The molecule has 0 amide bonds. The van der Waals surface area contributed by atoms with Gasteiger partial charge in [0.2, 0.25) is 0 Å². The molecule has 0 bridgehead atoms. The van der Waals surface area contributed by atoms with E-state index in [2.05, 4.69) is 399 Å². The summed E-state index contributed by atoms with van der Waals surface area (Å²) in [5, 5.41) is 27.7. The van der Waals surface area contributed by atoms with Gasteiger partial charge in [-0.25, -0.2) is 0 Å². The quantitative estimate of drug-likeness (QED) is 0.152. The van der Waals surface area contributed by atoms with Crippen LogP contribution in [0.2, 0.25) is 0 Å². The van der Waals surface area contributed by atoms with E-state index in [4.69, 9.17) is 4.42 Å². The van der Waals surface area contributed by atoms with Gasteiger partial charge in [0, 0.05) is 104 Å². The van der Waals surface area contributed by atoms with E-state index in [1.165, 1.54) is 157 Å². The molecule has 510 valence electrons. The third kappa shape index (κ3) is 8.58. The van der Waals surface area contributed by atoms with Crippen molar-refractivity contribution < 1.29 is 4.42 Å². The van der Waals surface area contributed by atoms with Crippen LogP contribution in [0.1, 0.15) is 0 Å². The van der Waals surface area contributed by atoms with Crippen LogP contribution in [0.5, 0.6) is 0 Å². The average molecular weight is 1400 g/mol. The van der Waals surface area contributed by atoms with Crippen molar-refractivity contribution in [2.75, 3.05) is 4.90 Å². The minimum atomic E-state index is 0.904. The summed E-state index contributed by atoms with van der Waals surface area (Å²) >= 11 is 0. The summed E-state index contributed by atoms with van der Waals surface area (Å²) in [6, 6.07) is 140.